The Labute approximate surface area is 196 Å². The van der Waals surface area contributed by atoms with Crippen molar-refractivity contribution >= 4 is 17.7 Å². The minimum atomic E-state index is -0.368. The second kappa shape index (κ2) is 11.3. The molecule has 2 fully saturated rings. The Bertz CT molecular complexity index is 911. The number of rotatable bonds is 8. The van der Waals surface area contributed by atoms with E-state index in [1.165, 1.54) is 12.7 Å². The molecule has 1 amide bonds. The number of hydrogen-bond donors (Lipinski definition) is 1. The molecule has 7 heteroatoms. The van der Waals surface area contributed by atoms with Gasteiger partial charge in [-0.1, -0.05) is 30.3 Å². The van der Waals surface area contributed by atoms with Gasteiger partial charge in [-0.2, -0.15) is 0 Å². The highest BCUT2D eigenvalue weighted by molar-refractivity contribution is 5.89. The van der Waals surface area contributed by atoms with Gasteiger partial charge in [-0.3, -0.25) is 9.69 Å². The molecular formula is C26H34N4O3. The van der Waals surface area contributed by atoms with E-state index in [0.29, 0.717) is 17.9 Å². The molecule has 2 saturated heterocycles. The highest BCUT2D eigenvalue weighted by Gasteiger charge is 2.25. The van der Waals surface area contributed by atoms with E-state index in [9.17, 15) is 9.59 Å². The summed E-state index contributed by atoms with van der Waals surface area (Å²) in [7, 11) is 1.37. The minimum Gasteiger partial charge on any atom is -0.465 e. The predicted octanol–water partition coefficient (Wildman–Crippen LogP) is 3.26. The molecule has 4 rings (SSSR count). The number of nitrogens with zero attached hydrogens (tertiary/aromatic N) is 3. The van der Waals surface area contributed by atoms with Gasteiger partial charge in [0.2, 0.25) is 5.91 Å². The zero-order chi connectivity index (χ0) is 23.0. The molecule has 7 nitrogen and oxygen atoms in total. The lowest BCUT2D eigenvalue weighted by atomic mass is 9.92. The van der Waals surface area contributed by atoms with Crippen LogP contribution in [0, 0.1) is 5.92 Å². The van der Waals surface area contributed by atoms with Gasteiger partial charge in [0.05, 0.1) is 12.7 Å². The molecule has 0 bridgehead atoms. The van der Waals surface area contributed by atoms with Gasteiger partial charge >= 0.3 is 5.97 Å². The van der Waals surface area contributed by atoms with E-state index in [1.54, 1.807) is 12.3 Å². The number of anilines is 1. The number of aromatic nitrogens is 1. The monoisotopic (exact) mass is 450 g/mol. The lowest BCUT2D eigenvalue weighted by Gasteiger charge is -2.32. The van der Waals surface area contributed by atoms with Crippen LogP contribution in [0.2, 0.25) is 0 Å². The van der Waals surface area contributed by atoms with Crippen LogP contribution in [0.25, 0.3) is 0 Å². The van der Waals surface area contributed by atoms with Crippen LogP contribution in [0.15, 0.2) is 48.7 Å². The molecular weight excluding hydrogens is 416 g/mol. The second-order valence-corrected chi connectivity index (χ2v) is 9.14. The molecule has 0 saturated carbocycles. The number of carbonyl (C=O) groups excluding carboxylic acids is 2. The number of piperidine rings is 1. The summed E-state index contributed by atoms with van der Waals surface area (Å²) in [6.07, 6.45) is 6.26. The van der Waals surface area contributed by atoms with Crippen molar-refractivity contribution in [1.82, 2.24) is 15.2 Å². The number of carbonyl (C=O) groups is 2. The molecule has 0 radical (unpaired) electrons. The summed E-state index contributed by atoms with van der Waals surface area (Å²) in [5, 5.41) is 3.25. The molecule has 1 aromatic heterocycles. The molecule has 0 unspecified atom stereocenters. The number of esters is 1. The highest BCUT2D eigenvalue weighted by atomic mass is 16.5. The van der Waals surface area contributed by atoms with Crippen LogP contribution in [0.4, 0.5) is 5.82 Å². The van der Waals surface area contributed by atoms with E-state index < -0.39 is 0 Å². The summed E-state index contributed by atoms with van der Waals surface area (Å²) < 4.78 is 4.73. The average molecular weight is 451 g/mol. The molecule has 1 atom stereocenters. The molecule has 3 heterocycles. The first-order valence-corrected chi connectivity index (χ1v) is 12.0. The highest BCUT2D eigenvalue weighted by Crippen LogP contribution is 2.25. The Morgan fingerprint density at radius 3 is 2.55 bits per heavy atom. The molecule has 0 spiro atoms. The maximum absolute atomic E-state index is 12.5. The molecule has 1 N–H and O–H groups in total. The molecule has 176 valence electrons. The fraction of sp³-hybridized carbons (Fsp3) is 0.500. The third-order valence-corrected chi connectivity index (χ3v) is 6.77. The maximum Gasteiger partial charge on any atom is 0.339 e. The smallest absolute Gasteiger partial charge is 0.339 e. The summed E-state index contributed by atoms with van der Waals surface area (Å²) in [6.45, 7) is 4.77. The van der Waals surface area contributed by atoms with Gasteiger partial charge in [0.15, 0.2) is 0 Å². The Hall–Kier alpha value is -2.93. The van der Waals surface area contributed by atoms with Gasteiger partial charge < -0.3 is 15.0 Å². The van der Waals surface area contributed by atoms with Crippen molar-refractivity contribution in [3.63, 3.8) is 0 Å². The summed E-state index contributed by atoms with van der Waals surface area (Å²) >= 11 is 0. The van der Waals surface area contributed by atoms with Gasteiger partial charge in [0.1, 0.15) is 5.82 Å². The summed E-state index contributed by atoms with van der Waals surface area (Å²) in [5.41, 5.74) is 1.79. The first-order chi connectivity index (χ1) is 16.1. The Morgan fingerprint density at radius 1 is 1.06 bits per heavy atom. The van der Waals surface area contributed by atoms with Crippen molar-refractivity contribution < 1.29 is 14.3 Å². The van der Waals surface area contributed by atoms with Crippen LogP contribution in [0.5, 0.6) is 0 Å². The third-order valence-electron chi connectivity index (χ3n) is 6.77. The number of ether oxygens (including phenoxy) is 1. The van der Waals surface area contributed by atoms with Crippen LogP contribution >= 0.6 is 0 Å². The largest absolute Gasteiger partial charge is 0.465 e. The Kier molecular flexibility index (Phi) is 7.94. The third kappa shape index (κ3) is 6.54. The van der Waals surface area contributed by atoms with Crippen LogP contribution in [0.1, 0.15) is 48.0 Å². The van der Waals surface area contributed by atoms with Gasteiger partial charge in [-0.05, 0) is 49.3 Å². The van der Waals surface area contributed by atoms with Crippen LogP contribution in [0.3, 0.4) is 0 Å². The topological polar surface area (TPSA) is 74.8 Å². The quantitative estimate of drug-likeness (QED) is 0.623. The number of methoxy groups -OCH3 is 1. The van der Waals surface area contributed by atoms with E-state index in [0.717, 1.165) is 64.2 Å². The molecule has 2 aliphatic heterocycles. The normalized spacial score (nSPS) is 19.4. The number of hydrogen-bond acceptors (Lipinski definition) is 6. The standard InChI is InChI=1S/C26H34N4O3/c1-33-26(32)22-8-9-24(27-17-22)30-15-11-20(12-16-30)7-10-25(31)28-23-13-14-29(19-23)18-21-5-3-2-4-6-21/h2-6,8-9,17,20,23H,7,10-16,18-19H2,1H3,(H,28,31)/t23-/m1/s1. The molecule has 2 aromatic rings. The molecule has 33 heavy (non-hydrogen) atoms. The van der Waals surface area contributed by atoms with E-state index >= 15 is 0 Å². The van der Waals surface area contributed by atoms with Gasteiger partial charge in [0.25, 0.3) is 0 Å². The number of pyridine rings is 1. The lowest BCUT2D eigenvalue weighted by Crippen LogP contribution is -2.38. The van der Waals surface area contributed by atoms with E-state index in [4.69, 9.17) is 4.74 Å². The molecule has 0 aliphatic carbocycles. The minimum absolute atomic E-state index is 0.184. The fourth-order valence-electron chi connectivity index (χ4n) is 4.83. The van der Waals surface area contributed by atoms with E-state index in [-0.39, 0.29) is 17.9 Å². The maximum atomic E-state index is 12.5. The van der Waals surface area contributed by atoms with E-state index in [1.807, 2.05) is 12.1 Å². The Morgan fingerprint density at radius 2 is 1.85 bits per heavy atom. The first-order valence-electron chi connectivity index (χ1n) is 12.0. The summed E-state index contributed by atoms with van der Waals surface area (Å²) in [5.74, 6) is 1.27. The van der Waals surface area contributed by atoms with Crippen molar-refractivity contribution in [2.24, 2.45) is 5.92 Å². The van der Waals surface area contributed by atoms with Crippen LogP contribution in [-0.2, 0) is 16.1 Å². The SMILES string of the molecule is COC(=O)c1ccc(N2CCC(CCC(=O)N[C@@H]3CCN(Cc4ccccc4)C3)CC2)nc1. The summed E-state index contributed by atoms with van der Waals surface area (Å²) in [6, 6.07) is 14.4. The predicted molar refractivity (Wildman–Crippen MR) is 128 cm³/mol. The number of nitrogens with one attached hydrogen (secondary N) is 1. The molecule has 2 aliphatic rings. The fourth-order valence-corrected chi connectivity index (χ4v) is 4.83. The van der Waals surface area contributed by atoms with Crippen molar-refractivity contribution in [3.05, 3.63) is 59.8 Å². The van der Waals surface area contributed by atoms with Crippen molar-refractivity contribution in [2.45, 2.75) is 44.7 Å². The lowest BCUT2D eigenvalue weighted by molar-refractivity contribution is -0.122. The van der Waals surface area contributed by atoms with Crippen molar-refractivity contribution in [2.75, 3.05) is 38.2 Å². The summed E-state index contributed by atoms with van der Waals surface area (Å²) in [4.78, 5) is 33.2. The van der Waals surface area contributed by atoms with Crippen LogP contribution < -0.4 is 10.2 Å². The number of likely N-dealkylation sites (tertiary alicyclic amines) is 1. The van der Waals surface area contributed by atoms with Crippen LogP contribution in [-0.4, -0.2) is 61.1 Å². The van der Waals surface area contributed by atoms with E-state index in [2.05, 4.69) is 44.4 Å². The first kappa shape index (κ1) is 23.2. The van der Waals surface area contributed by atoms with Gasteiger partial charge in [-0.25, -0.2) is 9.78 Å². The molecule has 1 aromatic carbocycles. The van der Waals surface area contributed by atoms with Crippen molar-refractivity contribution in [3.8, 4) is 0 Å². The van der Waals surface area contributed by atoms with Gasteiger partial charge in [0, 0.05) is 51.4 Å². The number of benzene rings is 1. The second-order valence-electron chi connectivity index (χ2n) is 9.14. The Balaban J connectivity index is 1.14. The van der Waals surface area contributed by atoms with Gasteiger partial charge in [-0.15, -0.1) is 0 Å². The number of amides is 1. The average Bonchev–Trinajstić information content (AvgIpc) is 3.29. The zero-order valence-corrected chi connectivity index (χ0v) is 19.4. The van der Waals surface area contributed by atoms with Crippen molar-refractivity contribution in [1.29, 1.82) is 0 Å². The zero-order valence-electron chi connectivity index (χ0n) is 19.4.